The second-order valence-electron chi connectivity index (χ2n) is 5.95. The molecule has 6 nitrogen and oxygen atoms in total. The number of nitrogens with zero attached hydrogens (tertiary/aromatic N) is 2. The van der Waals surface area contributed by atoms with Crippen LogP contribution < -0.4 is 10.1 Å². The van der Waals surface area contributed by atoms with Crippen LogP contribution in [0.2, 0.25) is 0 Å². The van der Waals surface area contributed by atoms with Gasteiger partial charge in [0.25, 0.3) is 5.24 Å². The van der Waals surface area contributed by atoms with Crippen LogP contribution in [0.25, 0.3) is 0 Å². The first-order valence-corrected chi connectivity index (χ1v) is 9.17. The molecule has 25 heavy (non-hydrogen) atoms. The Balaban J connectivity index is 1.44. The highest BCUT2D eigenvalue weighted by Crippen LogP contribution is 2.23. The molecule has 0 radical (unpaired) electrons. The minimum Gasteiger partial charge on any atom is -0.492 e. The first-order chi connectivity index (χ1) is 12.1. The first-order valence-electron chi connectivity index (χ1n) is 8.29. The van der Waals surface area contributed by atoms with Gasteiger partial charge in [-0.15, -0.1) is 0 Å². The number of hydrogen-bond donors (Lipinski definition) is 1. The Morgan fingerprint density at radius 2 is 2.08 bits per heavy atom. The van der Waals surface area contributed by atoms with Crippen molar-refractivity contribution in [1.29, 1.82) is 0 Å². The number of benzene rings is 1. The summed E-state index contributed by atoms with van der Waals surface area (Å²) in [5.41, 5.74) is 1.01. The monoisotopic (exact) mass is 359 g/mol. The minimum absolute atomic E-state index is 0.210. The van der Waals surface area contributed by atoms with E-state index in [0.29, 0.717) is 13.0 Å². The summed E-state index contributed by atoms with van der Waals surface area (Å²) in [7, 11) is 2.01. The van der Waals surface area contributed by atoms with Crippen LogP contribution in [0, 0.1) is 0 Å². The van der Waals surface area contributed by atoms with Crippen molar-refractivity contribution in [2.75, 3.05) is 20.2 Å². The van der Waals surface area contributed by atoms with Gasteiger partial charge in [0.05, 0.1) is 11.8 Å². The third-order valence-corrected chi connectivity index (χ3v) is 5.03. The Morgan fingerprint density at radius 3 is 2.72 bits per heavy atom. The van der Waals surface area contributed by atoms with Crippen LogP contribution in [0.4, 0.5) is 4.79 Å². The van der Waals surface area contributed by atoms with Gasteiger partial charge in [0.15, 0.2) is 0 Å². The molecule has 1 fully saturated rings. The van der Waals surface area contributed by atoms with Crippen molar-refractivity contribution in [1.82, 2.24) is 10.2 Å². The average Bonchev–Trinajstić information content (AvgIpc) is 2.94. The van der Waals surface area contributed by atoms with E-state index in [1.807, 2.05) is 37.5 Å². The minimum atomic E-state index is -0.336. The van der Waals surface area contributed by atoms with Gasteiger partial charge in [0.1, 0.15) is 18.2 Å². The number of aliphatic imine (C=N–C) groups is 1. The number of allylic oxidation sites excluding steroid dienone is 1. The number of carbonyl (C=O) groups is 2. The number of ether oxygens (including phenoxy) is 1. The predicted octanol–water partition coefficient (Wildman–Crippen LogP) is 2.60. The fourth-order valence-corrected chi connectivity index (χ4v) is 3.49. The van der Waals surface area contributed by atoms with Crippen LogP contribution in [0.15, 0.2) is 41.2 Å². The van der Waals surface area contributed by atoms with Crippen LogP contribution in [-0.4, -0.2) is 47.7 Å². The molecule has 1 atom stereocenters. The molecule has 0 bridgehead atoms. The lowest BCUT2D eigenvalue weighted by atomic mass is 10.1. The van der Waals surface area contributed by atoms with E-state index in [1.165, 1.54) is 0 Å². The summed E-state index contributed by atoms with van der Waals surface area (Å²) in [4.78, 5) is 29.2. The van der Waals surface area contributed by atoms with Gasteiger partial charge >= 0.3 is 0 Å². The molecule has 3 rings (SSSR count). The highest BCUT2D eigenvalue weighted by molar-refractivity contribution is 8.15. The number of imide groups is 1. The molecule has 0 aromatic heterocycles. The smallest absolute Gasteiger partial charge is 0.286 e. The number of hydrogen-bond acceptors (Lipinski definition) is 6. The summed E-state index contributed by atoms with van der Waals surface area (Å²) in [5.74, 6) is 1.57. The zero-order valence-corrected chi connectivity index (χ0v) is 14.9. The summed E-state index contributed by atoms with van der Waals surface area (Å²) in [6, 6.07) is 7.66. The predicted molar refractivity (Wildman–Crippen MR) is 99.0 cm³/mol. The Morgan fingerprint density at radius 1 is 1.28 bits per heavy atom. The van der Waals surface area contributed by atoms with Crippen molar-refractivity contribution in [2.45, 2.75) is 24.5 Å². The number of likely N-dealkylation sites (N-methyl/N-ethyl adjacent to an activating group) is 1. The molecule has 2 aliphatic rings. The van der Waals surface area contributed by atoms with E-state index in [4.69, 9.17) is 4.74 Å². The molecule has 1 saturated heterocycles. The van der Waals surface area contributed by atoms with Crippen molar-refractivity contribution < 1.29 is 14.3 Å². The zero-order chi connectivity index (χ0) is 17.6. The molecule has 2 heterocycles. The van der Waals surface area contributed by atoms with Gasteiger partial charge < -0.3 is 9.64 Å². The van der Waals surface area contributed by atoms with Crippen LogP contribution in [0.3, 0.4) is 0 Å². The number of rotatable bonds is 7. The van der Waals surface area contributed by atoms with E-state index in [2.05, 4.69) is 21.3 Å². The van der Waals surface area contributed by atoms with E-state index < -0.39 is 0 Å². The maximum Gasteiger partial charge on any atom is 0.286 e. The third-order valence-electron chi connectivity index (χ3n) is 4.04. The molecule has 1 aromatic carbocycles. The van der Waals surface area contributed by atoms with E-state index in [9.17, 15) is 9.59 Å². The second-order valence-corrected chi connectivity index (χ2v) is 7.13. The Labute approximate surface area is 151 Å². The summed E-state index contributed by atoms with van der Waals surface area (Å²) in [6.45, 7) is 1.32. The number of nitrogens with one attached hydrogen (secondary N) is 1. The normalized spacial score (nSPS) is 19.6. The van der Waals surface area contributed by atoms with Crippen molar-refractivity contribution in [3.63, 3.8) is 0 Å². The first kappa shape index (κ1) is 17.5. The lowest BCUT2D eigenvalue weighted by Gasteiger charge is -2.21. The van der Waals surface area contributed by atoms with Gasteiger partial charge in [-0.3, -0.25) is 14.9 Å². The molecule has 0 aliphatic carbocycles. The van der Waals surface area contributed by atoms with Crippen molar-refractivity contribution in [2.24, 2.45) is 4.99 Å². The molecule has 2 amide bonds. The van der Waals surface area contributed by atoms with Gasteiger partial charge in [0, 0.05) is 13.3 Å². The van der Waals surface area contributed by atoms with Gasteiger partial charge in [-0.05, 0) is 43.0 Å². The van der Waals surface area contributed by atoms with Crippen LogP contribution in [-0.2, 0) is 11.2 Å². The molecule has 132 valence electrons. The number of carbonyl (C=O) groups excluding carboxylic acids is 2. The van der Waals surface area contributed by atoms with Crippen LogP contribution >= 0.6 is 11.8 Å². The maximum atomic E-state index is 11.6. The van der Waals surface area contributed by atoms with Gasteiger partial charge in [0.2, 0.25) is 5.91 Å². The Hall–Kier alpha value is -2.28. The topological polar surface area (TPSA) is 71.0 Å². The summed E-state index contributed by atoms with van der Waals surface area (Å²) < 4.78 is 5.77. The maximum absolute atomic E-state index is 11.6. The third kappa shape index (κ3) is 4.85. The highest BCUT2D eigenvalue weighted by Gasteiger charge is 2.31. The largest absolute Gasteiger partial charge is 0.492 e. The highest BCUT2D eigenvalue weighted by atomic mass is 32.2. The van der Waals surface area contributed by atoms with Gasteiger partial charge in [-0.25, -0.2) is 4.99 Å². The van der Waals surface area contributed by atoms with Crippen molar-refractivity contribution in [3.8, 4) is 5.75 Å². The molecule has 1 N–H and O–H groups in total. The molecule has 1 unspecified atom stereocenters. The van der Waals surface area contributed by atoms with E-state index in [0.717, 1.165) is 48.3 Å². The molecule has 0 spiro atoms. The Kier molecular flexibility index (Phi) is 5.75. The molecule has 1 aromatic rings. The van der Waals surface area contributed by atoms with E-state index in [1.54, 1.807) is 0 Å². The van der Waals surface area contributed by atoms with Crippen LogP contribution in [0.1, 0.15) is 18.4 Å². The summed E-state index contributed by atoms with van der Waals surface area (Å²) >= 11 is 1.05. The SMILES string of the molecule is CN(CCOc1ccc(CC2SC(=O)NC2=O)cc1)C1=CCCC=N1. The Bertz CT molecular complexity index is 700. The molecular weight excluding hydrogens is 338 g/mol. The number of thioether (sulfide) groups is 1. The fourth-order valence-electron chi connectivity index (χ4n) is 2.63. The number of amides is 2. The zero-order valence-electron chi connectivity index (χ0n) is 14.1. The summed E-state index contributed by atoms with van der Waals surface area (Å²) in [5, 5.41) is 1.70. The standard InChI is InChI=1S/C18H21N3O3S/c1-21(16-4-2-3-9-19-16)10-11-24-14-7-5-13(6-8-14)12-15-17(22)20-18(23)25-15/h4-9,15H,2-3,10-12H2,1H3,(H,20,22,23). The molecule has 7 heteroatoms. The van der Waals surface area contributed by atoms with Crippen LogP contribution in [0.5, 0.6) is 5.75 Å². The lowest BCUT2D eigenvalue weighted by Crippen LogP contribution is -2.25. The second kappa shape index (κ2) is 8.20. The van der Waals surface area contributed by atoms with Crippen molar-refractivity contribution >= 4 is 29.1 Å². The fraction of sp³-hybridized carbons (Fsp3) is 0.389. The molecule has 0 saturated carbocycles. The lowest BCUT2D eigenvalue weighted by molar-refractivity contribution is -0.118. The average molecular weight is 359 g/mol. The van der Waals surface area contributed by atoms with Gasteiger partial charge in [-0.2, -0.15) is 0 Å². The molecule has 2 aliphatic heterocycles. The molecular formula is C18H21N3O3S. The summed E-state index contributed by atoms with van der Waals surface area (Å²) in [6.07, 6.45) is 6.67. The van der Waals surface area contributed by atoms with E-state index >= 15 is 0 Å². The quantitative estimate of drug-likeness (QED) is 0.810. The van der Waals surface area contributed by atoms with Gasteiger partial charge in [-0.1, -0.05) is 23.9 Å². The van der Waals surface area contributed by atoms with E-state index in [-0.39, 0.29) is 16.4 Å². The van der Waals surface area contributed by atoms with Crippen molar-refractivity contribution in [3.05, 3.63) is 41.7 Å².